The average Bonchev–Trinajstić information content (AvgIpc) is 2.73. The number of nitrogens with zero attached hydrogens (tertiary/aromatic N) is 4. The maximum Gasteiger partial charge on any atom is 0.418 e. The Morgan fingerprint density at radius 2 is 1.77 bits per heavy atom. The summed E-state index contributed by atoms with van der Waals surface area (Å²) < 4.78 is 43.0. The maximum atomic E-state index is 14.0. The van der Waals surface area contributed by atoms with Crippen molar-refractivity contribution in [2.75, 3.05) is 5.73 Å². The zero-order valence-corrected chi connectivity index (χ0v) is 19.8. The van der Waals surface area contributed by atoms with Crippen LogP contribution in [0.1, 0.15) is 42.1 Å². The number of hydrogen-bond acceptors (Lipinski definition) is 6. The van der Waals surface area contributed by atoms with Crippen molar-refractivity contribution in [2.24, 2.45) is 0 Å². The Kier molecular flexibility index (Phi) is 5.92. The molecule has 35 heavy (non-hydrogen) atoms. The number of aromatic nitrogens is 5. The smallest absolute Gasteiger partial charge is 0.384 e. The Bertz CT molecular complexity index is 1610. The lowest BCUT2D eigenvalue weighted by Crippen LogP contribution is -2.37. The van der Waals surface area contributed by atoms with Gasteiger partial charge in [-0.3, -0.25) is 19.1 Å². The fraction of sp³-hybridized carbons (Fsp3) is 0.261. The number of nitrogens with one attached hydrogen (secondary N) is 1. The quantitative estimate of drug-likeness (QED) is 0.396. The molecule has 0 saturated heterocycles. The summed E-state index contributed by atoms with van der Waals surface area (Å²) in [6.07, 6.45) is -3.21. The number of nitrogen functional groups attached to an aromatic ring is 1. The molecule has 3 N–H and O–H groups in total. The summed E-state index contributed by atoms with van der Waals surface area (Å²) in [5, 5.41) is -0.214. The Labute approximate surface area is 201 Å². The summed E-state index contributed by atoms with van der Waals surface area (Å²) in [4.78, 5) is 40.6. The van der Waals surface area contributed by atoms with Crippen LogP contribution >= 0.6 is 11.6 Å². The van der Waals surface area contributed by atoms with Crippen molar-refractivity contribution in [3.8, 4) is 17.1 Å². The second-order valence-corrected chi connectivity index (χ2v) is 8.79. The predicted octanol–water partition coefficient (Wildman–Crippen LogP) is 4.53. The third-order valence-corrected chi connectivity index (χ3v) is 5.77. The molecule has 4 rings (SSSR count). The number of nitrogens with two attached hydrogens (primary N) is 1. The van der Waals surface area contributed by atoms with Crippen molar-refractivity contribution in [1.29, 1.82) is 0 Å². The number of hydrogen-bond donors (Lipinski definition) is 2. The molecule has 0 saturated carbocycles. The van der Waals surface area contributed by atoms with E-state index in [9.17, 15) is 22.8 Å². The first kappa shape index (κ1) is 24.4. The standard InChI is InChI=1S/C23H20ClF3N6O2/c1-9(2)16-19(10(3)5-6-29-16)33-20-13(30-21(34)22(33)35)8-12(24)17(32-20)18-15(23(25,26)27)11(4)7-14(28)31-18/h5-9H,1-4H3,(H2,28,31)(H,30,34). The molecular formula is C23H20ClF3N6O2. The number of rotatable bonds is 3. The van der Waals surface area contributed by atoms with Crippen molar-refractivity contribution < 1.29 is 13.2 Å². The molecule has 4 heterocycles. The lowest BCUT2D eigenvalue weighted by molar-refractivity contribution is -0.137. The number of halogens is 4. The van der Waals surface area contributed by atoms with Crippen LogP contribution in [0, 0.1) is 13.8 Å². The second kappa shape index (κ2) is 8.49. The SMILES string of the molecule is Cc1ccnc(C(C)C)c1-n1c(=O)c(=O)[nH]c2cc(Cl)c(-c3nc(N)cc(C)c3C(F)(F)F)nc21. The van der Waals surface area contributed by atoms with Gasteiger partial charge >= 0.3 is 17.3 Å². The van der Waals surface area contributed by atoms with E-state index >= 15 is 0 Å². The highest BCUT2D eigenvalue weighted by Gasteiger charge is 2.38. The van der Waals surface area contributed by atoms with Crippen molar-refractivity contribution in [3.63, 3.8) is 0 Å². The monoisotopic (exact) mass is 504 g/mol. The Morgan fingerprint density at radius 1 is 1.09 bits per heavy atom. The Hall–Kier alpha value is -3.73. The van der Waals surface area contributed by atoms with Crippen LogP contribution in [0.5, 0.6) is 0 Å². The summed E-state index contributed by atoms with van der Waals surface area (Å²) in [6, 6.07) is 3.99. The molecule has 0 bridgehead atoms. The van der Waals surface area contributed by atoms with Crippen molar-refractivity contribution in [1.82, 2.24) is 24.5 Å². The summed E-state index contributed by atoms with van der Waals surface area (Å²) in [6.45, 7) is 6.69. The molecule has 182 valence electrons. The molecule has 0 aliphatic heterocycles. The van der Waals surface area contributed by atoms with E-state index in [-0.39, 0.29) is 39.2 Å². The minimum atomic E-state index is -4.78. The van der Waals surface area contributed by atoms with Crippen molar-refractivity contribution in [2.45, 2.75) is 39.8 Å². The van der Waals surface area contributed by atoms with E-state index in [4.69, 9.17) is 17.3 Å². The van der Waals surface area contributed by atoms with E-state index in [2.05, 4.69) is 19.9 Å². The Balaban J connectivity index is 2.20. The molecule has 0 spiro atoms. The van der Waals surface area contributed by atoms with E-state index in [1.807, 2.05) is 13.8 Å². The van der Waals surface area contributed by atoms with Gasteiger partial charge in [0.25, 0.3) is 0 Å². The molecule has 0 fully saturated rings. The first-order valence-electron chi connectivity index (χ1n) is 10.5. The van der Waals surface area contributed by atoms with Gasteiger partial charge in [-0.25, -0.2) is 9.97 Å². The van der Waals surface area contributed by atoms with Crippen LogP contribution in [-0.2, 0) is 6.18 Å². The summed E-state index contributed by atoms with van der Waals surface area (Å²) in [7, 11) is 0. The van der Waals surface area contributed by atoms with Crippen LogP contribution < -0.4 is 16.9 Å². The number of H-pyrrole nitrogens is 1. The number of fused-ring (bicyclic) bond motifs is 1. The molecule has 0 aliphatic rings. The Morgan fingerprint density at radius 3 is 2.40 bits per heavy atom. The van der Waals surface area contributed by atoms with Gasteiger partial charge in [-0.05, 0) is 49.1 Å². The van der Waals surface area contributed by atoms with Gasteiger partial charge < -0.3 is 10.7 Å². The van der Waals surface area contributed by atoms with E-state index in [1.54, 1.807) is 19.2 Å². The fourth-order valence-corrected chi connectivity index (χ4v) is 4.24. The predicted molar refractivity (Wildman–Crippen MR) is 127 cm³/mol. The zero-order chi connectivity index (χ0) is 25.8. The molecule has 0 aromatic carbocycles. The molecule has 4 aromatic rings. The lowest BCUT2D eigenvalue weighted by atomic mass is 10.0. The van der Waals surface area contributed by atoms with Crippen LogP contribution in [0.2, 0.25) is 5.02 Å². The molecule has 0 unspecified atom stereocenters. The first-order chi connectivity index (χ1) is 16.3. The molecular weight excluding hydrogens is 485 g/mol. The largest absolute Gasteiger partial charge is 0.418 e. The van der Waals surface area contributed by atoms with Gasteiger partial charge in [0.05, 0.1) is 27.5 Å². The van der Waals surface area contributed by atoms with Gasteiger partial charge in [0.15, 0.2) is 5.65 Å². The summed E-state index contributed by atoms with van der Waals surface area (Å²) >= 11 is 6.34. The van der Waals surface area contributed by atoms with Crippen LogP contribution in [0.25, 0.3) is 28.2 Å². The van der Waals surface area contributed by atoms with Crippen LogP contribution in [0.15, 0.2) is 34.0 Å². The number of aromatic amines is 1. The van der Waals surface area contributed by atoms with E-state index in [0.717, 1.165) is 10.6 Å². The highest BCUT2D eigenvalue weighted by molar-refractivity contribution is 6.33. The van der Waals surface area contributed by atoms with Gasteiger partial charge in [-0.2, -0.15) is 13.2 Å². The van der Waals surface area contributed by atoms with Gasteiger partial charge in [-0.15, -0.1) is 0 Å². The number of pyridine rings is 3. The third kappa shape index (κ3) is 4.16. The van der Waals surface area contributed by atoms with Gasteiger partial charge in [0, 0.05) is 6.20 Å². The van der Waals surface area contributed by atoms with Crippen molar-refractivity contribution in [3.05, 3.63) is 72.5 Å². The molecule has 4 aromatic heterocycles. The van der Waals surface area contributed by atoms with E-state index < -0.39 is 28.6 Å². The molecule has 0 aliphatic carbocycles. The average molecular weight is 505 g/mol. The summed E-state index contributed by atoms with van der Waals surface area (Å²) in [5.74, 6) is -0.305. The lowest BCUT2D eigenvalue weighted by Gasteiger charge is -2.19. The van der Waals surface area contributed by atoms with E-state index in [1.165, 1.54) is 13.0 Å². The van der Waals surface area contributed by atoms with Gasteiger partial charge in [0.2, 0.25) is 0 Å². The van der Waals surface area contributed by atoms with Gasteiger partial charge in [-0.1, -0.05) is 25.4 Å². The second-order valence-electron chi connectivity index (χ2n) is 8.39. The van der Waals surface area contributed by atoms with Crippen LogP contribution in [0.3, 0.4) is 0 Å². The van der Waals surface area contributed by atoms with Crippen molar-refractivity contribution >= 4 is 28.6 Å². The van der Waals surface area contributed by atoms with Crippen LogP contribution in [0.4, 0.5) is 19.0 Å². The molecule has 0 atom stereocenters. The highest BCUT2D eigenvalue weighted by Crippen LogP contribution is 2.41. The maximum absolute atomic E-state index is 14.0. The molecule has 12 heteroatoms. The fourth-order valence-electron chi connectivity index (χ4n) is 4.00. The number of anilines is 1. The highest BCUT2D eigenvalue weighted by atomic mass is 35.5. The topological polar surface area (TPSA) is 120 Å². The number of alkyl halides is 3. The van der Waals surface area contributed by atoms with E-state index in [0.29, 0.717) is 16.9 Å². The van der Waals surface area contributed by atoms with Gasteiger partial charge in [0.1, 0.15) is 17.2 Å². The number of aryl methyl sites for hydroxylation is 2. The third-order valence-electron chi connectivity index (χ3n) is 5.48. The normalized spacial score (nSPS) is 12.0. The van der Waals surface area contributed by atoms with Crippen LogP contribution in [-0.4, -0.2) is 24.5 Å². The first-order valence-corrected chi connectivity index (χ1v) is 10.8. The molecule has 0 radical (unpaired) electrons. The minimum absolute atomic E-state index is 0.0514. The zero-order valence-electron chi connectivity index (χ0n) is 19.1. The minimum Gasteiger partial charge on any atom is -0.384 e. The molecule has 8 nitrogen and oxygen atoms in total. The molecule has 0 amide bonds. The summed E-state index contributed by atoms with van der Waals surface area (Å²) in [5.41, 5.74) is 3.07.